The fraction of sp³-hybridized carbons (Fsp3) is 0.263. The number of hydrogen-bond donors (Lipinski definition) is 2. The normalized spacial score (nSPS) is 12.3. The van der Waals surface area contributed by atoms with Crippen molar-refractivity contribution >= 4 is 11.9 Å². The van der Waals surface area contributed by atoms with E-state index < -0.39 is 11.4 Å². The lowest BCUT2D eigenvalue weighted by Gasteiger charge is -2.26. The molecule has 1 unspecified atom stereocenters. The summed E-state index contributed by atoms with van der Waals surface area (Å²) in [5.41, 5.74) is 1.32. The smallest absolute Gasteiger partial charge is 0.318 e. The van der Waals surface area contributed by atoms with E-state index in [0.29, 0.717) is 5.56 Å². The van der Waals surface area contributed by atoms with Crippen molar-refractivity contribution in [2.75, 3.05) is 7.11 Å². The van der Waals surface area contributed by atoms with Gasteiger partial charge < -0.3 is 14.9 Å². The van der Waals surface area contributed by atoms with Crippen LogP contribution in [-0.4, -0.2) is 29.3 Å². The Bertz CT molecular complexity index is 641. The summed E-state index contributed by atoms with van der Waals surface area (Å²) >= 11 is 0. The van der Waals surface area contributed by atoms with Crippen molar-refractivity contribution in [1.29, 1.82) is 0 Å². The Kier molecular flexibility index (Phi) is 6.53. The number of esters is 1. The van der Waals surface area contributed by atoms with Crippen molar-refractivity contribution in [1.82, 2.24) is 0 Å². The first kappa shape index (κ1) is 19.2. The van der Waals surface area contributed by atoms with Gasteiger partial charge in [-0.2, -0.15) is 0 Å². The van der Waals surface area contributed by atoms with Crippen molar-refractivity contribution in [3.63, 3.8) is 0 Å². The molecule has 0 spiro atoms. The molecule has 2 N–H and O–H groups in total. The first-order valence-electron chi connectivity index (χ1n) is 7.36. The third-order valence-corrected chi connectivity index (χ3v) is 3.79. The van der Waals surface area contributed by atoms with E-state index >= 15 is 0 Å². The largest absolute Gasteiger partial charge is 0.508 e. The monoisotopic (exact) mass is 330 g/mol. The molecule has 2 rings (SSSR count). The number of carboxylic acids is 1. The fourth-order valence-electron chi connectivity index (χ4n) is 2.10. The lowest BCUT2D eigenvalue weighted by atomic mass is 9.76. The Morgan fingerprint density at radius 2 is 1.33 bits per heavy atom. The highest BCUT2D eigenvalue weighted by Crippen LogP contribution is 2.33. The van der Waals surface area contributed by atoms with Crippen LogP contribution in [0.5, 0.6) is 5.75 Å². The number of phenolic OH excluding ortho intramolecular Hbond substituents is 1. The molecule has 5 nitrogen and oxygen atoms in total. The van der Waals surface area contributed by atoms with Gasteiger partial charge in [-0.05, 0) is 37.1 Å². The van der Waals surface area contributed by atoms with Gasteiger partial charge in [-0.15, -0.1) is 0 Å². The minimum Gasteiger partial charge on any atom is -0.508 e. The second-order valence-corrected chi connectivity index (χ2v) is 5.54. The van der Waals surface area contributed by atoms with Crippen LogP contribution >= 0.6 is 0 Å². The van der Waals surface area contributed by atoms with Crippen LogP contribution in [0.15, 0.2) is 48.5 Å². The molecule has 0 aliphatic heterocycles. The molecule has 0 saturated heterocycles. The highest BCUT2D eigenvalue weighted by atomic mass is 16.5. The number of aliphatic carboxylic acids is 1. The molecule has 0 saturated carbocycles. The third kappa shape index (κ3) is 4.59. The molecule has 1 atom stereocenters. The van der Waals surface area contributed by atoms with Crippen molar-refractivity contribution in [3.05, 3.63) is 65.2 Å². The van der Waals surface area contributed by atoms with Gasteiger partial charge in [-0.1, -0.05) is 42.0 Å². The van der Waals surface area contributed by atoms with E-state index in [9.17, 15) is 19.8 Å². The second kappa shape index (κ2) is 8.15. The number of ether oxygens (including phenoxy) is 1. The number of aromatic hydroxyl groups is 1. The van der Waals surface area contributed by atoms with Crippen LogP contribution in [0, 0.1) is 6.92 Å². The van der Waals surface area contributed by atoms with Gasteiger partial charge in [0, 0.05) is 6.92 Å². The Balaban J connectivity index is 0.000000505. The summed E-state index contributed by atoms with van der Waals surface area (Å²) in [6.07, 6.45) is 0. The summed E-state index contributed by atoms with van der Waals surface area (Å²) in [4.78, 5) is 21.3. The molecule has 0 heterocycles. The van der Waals surface area contributed by atoms with E-state index in [4.69, 9.17) is 0 Å². The molecular weight excluding hydrogens is 308 g/mol. The van der Waals surface area contributed by atoms with Gasteiger partial charge in [0.15, 0.2) is 0 Å². The summed E-state index contributed by atoms with van der Waals surface area (Å²) in [7, 11) is 1.35. The van der Waals surface area contributed by atoms with Crippen LogP contribution in [0.4, 0.5) is 0 Å². The highest BCUT2D eigenvalue weighted by molar-refractivity contribution is 5.85. The minimum atomic E-state index is -1.12. The summed E-state index contributed by atoms with van der Waals surface area (Å²) in [5, 5.41) is 18.9. The first-order chi connectivity index (χ1) is 11.2. The standard InChI is InChI=1S/C16H16O3.C3H6O2/c1-11-3-5-12(6-4-11)16(2,15(18)19)13-7-9-14(17)10-8-13;1-3(4)5-2/h3-10,17H,1-2H3,(H,18,19);1-2H3. The maximum Gasteiger partial charge on any atom is 0.318 e. The Hall–Kier alpha value is -2.82. The predicted molar refractivity (Wildman–Crippen MR) is 91.1 cm³/mol. The number of carboxylic acid groups (broad SMARTS) is 1. The van der Waals surface area contributed by atoms with Crippen LogP contribution < -0.4 is 0 Å². The van der Waals surface area contributed by atoms with Gasteiger partial charge in [0.2, 0.25) is 0 Å². The van der Waals surface area contributed by atoms with Gasteiger partial charge in [-0.25, -0.2) is 0 Å². The molecular formula is C19H22O5. The molecule has 0 bridgehead atoms. The van der Waals surface area contributed by atoms with Gasteiger partial charge >= 0.3 is 11.9 Å². The number of rotatable bonds is 3. The van der Waals surface area contributed by atoms with E-state index in [-0.39, 0.29) is 11.7 Å². The van der Waals surface area contributed by atoms with Crippen molar-refractivity contribution in [3.8, 4) is 5.75 Å². The maximum absolute atomic E-state index is 11.7. The average Bonchev–Trinajstić information content (AvgIpc) is 2.55. The molecule has 24 heavy (non-hydrogen) atoms. The number of benzene rings is 2. The molecule has 0 amide bonds. The Morgan fingerprint density at radius 3 is 1.67 bits per heavy atom. The quantitative estimate of drug-likeness (QED) is 0.844. The highest BCUT2D eigenvalue weighted by Gasteiger charge is 2.37. The summed E-state index contributed by atoms with van der Waals surface area (Å²) in [5.74, 6) is -1.03. The van der Waals surface area contributed by atoms with E-state index in [0.717, 1.165) is 11.1 Å². The number of methoxy groups -OCH3 is 1. The molecule has 0 radical (unpaired) electrons. The van der Waals surface area contributed by atoms with E-state index in [1.807, 2.05) is 31.2 Å². The summed E-state index contributed by atoms with van der Waals surface area (Å²) in [6, 6.07) is 13.8. The van der Waals surface area contributed by atoms with E-state index in [1.165, 1.54) is 26.2 Å². The van der Waals surface area contributed by atoms with Gasteiger partial charge in [-0.3, -0.25) is 9.59 Å². The van der Waals surface area contributed by atoms with Crippen molar-refractivity contribution in [2.45, 2.75) is 26.2 Å². The predicted octanol–water partition coefficient (Wildman–Crippen LogP) is 3.27. The Labute approximate surface area is 141 Å². The van der Waals surface area contributed by atoms with Crippen LogP contribution in [0.1, 0.15) is 30.5 Å². The molecule has 0 aromatic heterocycles. The zero-order valence-corrected chi connectivity index (χ0v) is 14.2. The number of aryl methyl sites for hydroxylation is 1. The number of carbonyl (C=O) groups excluding carboxylic acids is 1. The third-order valence-electron chi connectivity index (χ3n) is 3.79. The first-order valence-corrected chi connectivity index (χ1v) is 7.36. The minimum absolute atomic E-state index is 0.125. The Morgan fingerprint density at radius 1 is 0.958 bits per heavy atom. The number of phenols is 1. The molecule has 0 aliphatic rings. The molecule has 5 heteroatoms. The van der Waals surface area contributed by atoms with E-state index in [2.05, 4.69) is 4.74 Å². The second-order valence-electron chi connectivity index (χ2n) is 5.54. The zero-order chi connectivity index (χ0) is 18.3. The van der Waals surface area contributed by atoms with Crippen molar-refractivity contribution < 1.29 is 24.5 Å². The zero-order valence-electron chi connectivity index (χ0n) is 14.2. The van der Waals surface area contributed by atoms with Gasteiger partial charge in [0.25, 0.3) is 0 Å². The van der Waals surface area contributed by atoms with Crippen molar-refractivity contribution in [2.24, 2.45) is 0 Å². The molecule has 0 fully saturated rings. The van der Waals surface area contributed by atoms with Crippen LogP contribution in [0.2, 0.25) is 0 Å². The van der Waals surface area contributed by atoms with Crippen LogP contribution in [0.3, 0.4) is 0 Å². The SMILES string of the molecule is COC(C)=O.Cc1ccc(C(C)(C(=O)O)c2ccc(O)cc2)cc1. The van der Waals surface area contributed by atoms with Crippen LogP contribution in [0.25, 0.3) is 0 Å². The maximum atomic E-state index is 11.7. The fourth-order valence-corrected chi connectivity index (χ4v) is 2.10. The molecule has 2 aromatic rings. The van der Waals surface area contributed by atoms with Gasteiger partial charge in [0.05, 0.1) is 7.11 Å². The lowest BCUT2D eigenvalue weighted by molar-refractivity contribution is -0.141. The average molecular weight is 330 g/mol. The number of hydrogen-bond acceptors (Lipinski definition) is 4. The topological polar surface area (TPSA) is 83.8 Å². The number of carbonyl (C=O) groups is 2. The van der Waals surface area contributed by atoms with Gasteiger partial charge in [0.1, 0.15) is 11.2 Å². The van der Waals surface area contributed by atoms with Crippen LogP contribution in [-0.2, 0) is 19.7 Å². The lowest BCUT2D eigenvalue weighted by Crippen LogP contribution is -2.33. The molecule has 2 aromatic carbocycles. The molecule has 0 aliphatic carbocycles. The summed E-state index contributed by atoms with van der Waals surface area (Å²) < 4.78 is 4.11. The van der Waals surface area contributed by atoms with E-state index in [1.54, 1.807) is 19.1 Å². The summed E-state index contributed by atoms with van der Waals surface area (Å²) in [6.45, 7) is 4.99. The molecule has 128 valence electrons.